The summed E-state index contributed by atoms with van der Waals surface area (Å²) in [5.41, 5.74) is 3.56. The topological polar surface area (TPSA) is 59.0 Å². The fourth-order valence-electron chi connectivity index (χ4n) is 4.76. The first-order chi connectivity index (χ1) is 16.2. The van der Waals surface area contributed by atoms with E-state index in [0.717, 1.165) is 35.0 Å². The van der Waals surface area contributed by atoms with Crippen molar-refractivity contribution in [3.63, 3.8) is 0 Å². The fraction of sp³-hybridized carbons (Fsp3) is 0.185. The molecule has 1 fully saturated rings. The van der Waals surface area contributed by atoms with Crippen LogP contribution in [0.1, 0.15) is 19.3 Å². The van der Waals surface area contributed by atoms with E-state index in [2.05, 4.69) is 26.3 Å². The molecule has 2 aliphatic rings. The molecule has 2 heterocycles. The van der Waals surface area contributed by atoms with Gasteiger partial charge in [0.2, 0.25) is 0 Å². The van der Waals surface area contributed by atoms with Crippen LogP contribution in [0, 0.1) is 17.7 Å². The van der Waals surface area contributed by atoms with E-state index in [9.17, 15) is 9.18 Å². The molecule has 2 aromatic carbocycles. The molecule has 2 unspecified atom stereocenters. The summed E-state index contributed by atoms with van der Waals surface area (Å²) in [6.45, 7) is 0. The van der Waals surface area contributed by atoms with Gasteiger partial charge in [0.1, 0.15) is 17.5 Å². The number of hydrogen-bond acceptors (Lipinski definition) is 4. The molecule has 0 spiro atoms. The van der Waals surface area contributed by atoms with Gasteiger partial charge in [0, 0.05) is 41.3 Å². The number of anilines is 3. The average Bonchev–Trinajstić information content (AvgIpc) is 3.62. The van der Waals surface area contributed by atoms with Crippen LogP contribution in [-0.4, -0.2) is 9.55 Å². The lowest BCUT2D eigenvalue weighted by Gasteiger charge is -2.21. The van der Waals surface area contributed by atoms with Gasteiger partial charge in [-0.05, 0) is 61.6 Å². The van der Waals surface area contributed by atoms with Crippen LogP contribution < -0.4 is 16.1 Å². The summed E-state index contributed by atoms with van der Waals surface area (Å²) < 4.78 is 15.4. The van der Waals surface area contributed by atoms with E-state index in [1.807, 2.05) is 36.4 Å². The number of rotatable bonds is 5. The van der Waals surface area contributed by atoms with E-state index < -0.39 is 0 Å². The lowest BCUT2D eigenvalue weighted by molar-refractivity contribution is 0.628. The smallest absolute Gasteiger partial charge is 0.193 e. The molecule has 5 nitrogen and oxygen atoms in total. The van der Waals surface area contributed by atoms with E-state index in [4.69, 9.17) is 0 Å². The fourth-order valence-corrected chi connectivity index (χ4v) is 4.76. The molecule has 1 saturated carbocycles. The summed E-state index contributed by atoms with van der Waals surface area (Å²) in [6, 6.07) is 19.6. The molecule has 0 radical (unpaired) electrons. The molecule has 33 heavy (non-hydrogen) atoms. The second kappa shape index (κ2) is 7.89. The SMILES string of the molecule is O=c1cc(NC2=CCCC3CC23)n(-c2ccccc2)c2cc(Nc3ccc(F)cc3)ncc12. The quantitative estimate of drug-likeness (QED) is 0.402. The number of nitrogens with zero attached hydrogens (tertiary/aromatic N) is 2. The summed E-state index contributed by atoms with van der Waals surface area (Å²) in [4.78, 5) is 17.5. The van der Waals surface area contributed by atoms with Crippen LogP contribution in [0.3, 0.4) is 0 Å². The lowest BCUT2D eigenvalue weighted by Crippen LogP contribution is -2.16. The number of aromatic nitrogens is 2. The molecule has 4 aromatic rings. The van der Waals surface area contributed by atoms with Gasteiger partial charge >= 0.3 is 0 Å². The molecule has 0 saturated heterocycles. The third-order valence-electron chi connectivity index (χ3n) is 6.52. The Morgan fingerprint density at radius 2 is 1.82 bits per heavy atom. The Labute approximate surface area is 190 Å². The first-order valence-electron chi connectivity index (χ1n) is 11.3. The Balaban J connectivity index is 1.49. The minimum atomic E-state index is -0.296. The largest absolute Gasteiger partial charge is 0.345 e. The van der Waals surface area contributed by atoms with Gasteiger partial charge in [0.05, 0.1) is 10.9 Å². The lowest BCUT2D eigenvalue weighted by atomic mass is 10.0. The van der Waals surface area contributed by atoms with Crippen LogP contribution in [0.25, 0.3) is 16.6 Å². The summed E-state index contributed by atoms with van der Waals surface area (Å²) >= 11 is 0. The first-order valence-corrected chi connectivity index (χ1v) is 11.3. The standard InChI is InChI=1S/C27H23FN4O/c28-18-9-11-19(12-10-18)30-26-14-24-22(16-29-26)25(33)15-27(32(24)20-6-2-1-3-7-20)31-23-8-4-5-17-13-21(17)23/h1-3,6-12,14-17,21,31H,4-5,13H2,(H,29,30). The molecule has 6 heteroatoms. The number of pyridine rings is 2. The number of para-hydroxylation sites is 1. The Morgan fingerprint density at radius 1 is 1.00 bits per heavy atom. The van der Waals surface area contributed by atoms with Gasteiger partial charge in [-0.25, -0.2) is 9.37 Å². The first kappa shape index (κ1) is 19.7. The van der Waals surface area contributed by atoms with E-state index in [-0.39, 0.29) is 11.2 Å². The summed E-state index contributed by atoms with van der Waals surface area (Å²) in [5, 5.41) is 7.34. The number of benzene rings is 2. The Bertz CT molecular complexity index is 1430. The van der Waals surface area contributed by atoms with Crippen molar-refractivity contribution in [3.8, 4) is 5.69 Å². The zero-order valence-electron chi connectivity index (χ0n) is 18.0. The van der Waals surface area contributed by atoms with Crippen LogP contribution in [0.15, 0.2) is 89.5 Å². The third-order valence-corrected chi connectivity index (χ3v) is 6.52. The van der Waals surface area contributed by atoms with Gasteiger partial charge in [0.15, 0.2) is 5.43 Å². The Hall–Kier alpha value is -3.93. The predicted molar refractivity (Wildman–Crippen MR) is 130 cm³/mol. The van der Waals surface area contributed by atoms with Crippen molar-refractivity contribution in [1.29, 1.82) is 0 Å². The van der Waals surface area contributed by atoms with Gasteiger partial charge in [-0.15, -0.1) is 0 Å². The predicted octanol–water partition coefficient (Wildman–Crippen LogP) is 5.99. The van der Waals surface area contributed by atoms with Crippen molar-refractivity contribution in [1.82, 2.24) is 9.55 Å². The Kier molecular flexibility index (Phi) is 4.72. The third kappa shape index (κ3) is 3.78. The Morgan fingerprint density at radius 3 is 2.64 bits per heavy atom. The molecule has 0 bridgehead atoms. The monoisotopic (exact) mass is 438 g/mol. The van der Waals surface area contributed by atoms with E-state index >= 15 is 0 Å². The molecule has 2 aromatic heterocycles. The van der Waals surface area contributed by atoms with Crippen molar-refractivity contribution in [3.05, 3.63) is 101 Å². The molecule has 6 rings (SSSR count). The van der Waals surface area contributed by atoms with Gasteiger partial charge in [0.25, 0.3) is 0 Å². The molecule has 0 aliphatic heterocycles. The van der Waals surface area contributed by atoms with Crippen molar-refractivity contribution in [2.45, 2.75) is 19.3 Å². The highest BCUT2D eigenvalue weighted by Crippen LogP contribution is 2.50. The van der Waals surface area contributed by atoms with Crippen molar-refractivity contribution >= 4 is 28.2 Å². The van der Waals surface area contributed by atoms with Crippen LogP contribution in [0.5, 0.6) is 0 Å². The van der Waals surface area contributed by atoms with Crippen molar-refractivity contribution < 1.29 is 4.39 Å². The van der Waals surface area contributed by atoms with Gasteiger partial charge in [-0.1, -0.05) is 24.3 Å². The molecule has 2 N–H and O–H groups in total. The molecule has 2 atom stereocenters. The van der Waals surface area contributed by atoms with E-state index in [0.29, 0.717) is 17.1 Å². The van der Waals surface area contributed by atoms with Crippen LogP contribution in [0.2, 0.25) is 0 Å². The van der Waals surface area contributed by atoms with E-state index in [1.54, 1.807) is 24.4 Å². The number of nitrogens with one attached hydrogen (secondary N) is 2. The second-order valence-corrected chi connectivity index (χ2v) is 8.75. The van der Waals surface area contributed by atoms with Crippen molar-refractivity contribution in [2.75, 3.05) is 10.6 Å². The van der Waals surface area contributed by atoms with Crippen LogP contribution >= 0.6 is 0 Å². The minimum Gasteiger partial charge on any atom is -0.345 e. The number of allylic oxidation sites excluding steroid dienone is 2. The number of fused-ring (bicyclic) bond motifs is 2. The summed E-state index contributed by atoms with van der Waals surface area (Å²) in [5.74, 6) is 2.37. The minimum absolute atomic E-state index is 0.0794. The maximum Gasteiger partial charge on any atom is 0.193 e. The van der Waals surface area contributed by atoms with Crippen LogP contribution in [-0.2, 0) is 0 Å². The van der Waals surface area contributed by atoms with Gasteiger partial charge in [-0.3, -0.25) is 9.36 Å². The number of halogens is 1. The molecule has 0 amide bonds. The second-order valence-electron chi connectivity index (χ2n) is 8.75. The van der Waals surface area contributed by atoms with E-state index in [1.165, 1.54) is 30.7 Å². The van der Waals surface area contributed by atoms with Crippen molar-refractivity contribution in [2.24, 2.45) is 11.8 Å². The summed E-state index contributed by atoms with van der Waals surface area (Å²) in [6.07, 6.45) is 7.42. The normalized spacial score (nSPS) is 19.0. The van der Waals surface area contributed by atoms with Crippen LogP contribution in [0.4, 0.5) is 21.7 Å². The maximum atomic E-state index is 13.3. The highest BCUT2D eigenvalue weighted by molar-refractivity contribution is 5.85. The maximum absolute atomic E-state index is 13.3. The van der Waals surface area contributed by atoms with Gasteiger partial charge < -0.3 is 10.6 Å². The highest BCUT2D eigenvalue weighted by Gasteiger charge is 2.41. The highest BCUT2D eigenvalue weighted by atomic mass is 19.1. The average molecular weight is 439 g/mol. The molecular weight excluding hydrogens is 415 g/mol. The number of hydrogen-bond donors (Lipinski definition) is 2. The van der Waals surface area contributed by atoms with Gasteiger partial charge in [-0.2, -0.15) is 0 Å². The molecule has 164 valence electrons. The summed E-state index contributed by atoms with van der Waals surface area (Å²) in [7, 11) is 0. The molecular formula is C27H23FN4O. The molecule has 2 aliphatic carbocycles. The zero-order valence-corrected chi connectivity index (χ0v) is 18.0. The zero-order chi connectivity index (χ0) is 22.4.